The molecule has 0 amide bonds. The summed E-state index contributed by atoms with van der Waals surface area (Å²) < 4.78 is 10.9. The molecule has 10 atom stereocenters. The third-order valence-electron chi connectivity index (χ3n) is 5.36. The maximum absolute atomic E-state index is 10.3. The lowest BCUT2D eigenvalue weighted by Crippen LogP contribution is -2.58. The second-order valence-electron chi connectivity index (χ2n) is 7.39. The highest BCUT2D eigenvalue weighted by molar-refractivity contribution is 5.39. The van der Waals surface area contributed by atoms with Gasteiger partial charge in [-0.3, -0.25) is 0 Å². The molecule has 8 N–H and O–H groups in total. The summed E-state index contributed by atoms with van der Waals surface area (Å²) in [5.41, 5.74) is 0.869. The topological polar surface area (TPSA) is 180 Å². The molecule has 0 saturated carbocycles. The number of ether oxygens (including phenoxy) is 2. The molecule has 3 rings (SSSR count). The van der Waals surface area contributed by atoms with Crippen LogP contribution in [0.4, 0.5) is 0 Å². The van der Waals surface area contributed by atoms with E-state index in [1.165, 1.54) is 0 Å². The molecular weight excluding hydrogens is 400 g/mol. The Morgan fingerprint density at radius 1 is 0.733 bits per heavy atom. The molecule has 30 heavy (non-hydrogen) atoms. The van der Waals surface area contributed by atoms with Crippen LogP contribution in [0.1, 0.15) is 17.2 Å². The predicted octanol–water partition coefficient (Wildman–Crippen LogP) is -3.60. The maximum Gasteiger partial charge on any atom is 0.147 e. The van der Waals surface area contributed by atoms with E-state index in [-0.39, 0.29) is 0 Å². The van der Waals surface area contributed by atoms with Crippen molar-refractivity contribution in [2.24, 2.45) is 0 Å². The first-order valence-electron chi connectivity index (χ1n) is 9.51. The molecule has 10 heteroatoms. The smallest absolute Gasteiger partial charge is 0.147 e. The van der Waals surface area contributed by atoms with Gasteiger partial charge in [0, 0.05) is 5.56 Å². The van der Waals surface area contributed by atoms with Gasteiger partial charge in [0.15, 0.2) is 0 Å². The van der Waals surface area contributed by atoms with E-state index in [2.05, 4.69) is 11.8 Å². The first-order valence-corrected chi connectivity index (χ1v) is 9.51. The number of rotatable bonds is 3. The molecule has 2 aliphatic rings. The fraction of sp³-hybridized carbons (Fsp3) is 0.600. The van der Waals surface area contributed by atoms with Crippen LogP contribution in [0.5, 0.6) is 0 Å². The number of hydrogen-bond donors (Lipinski definition) is 8. The van der Waals surface area contributed by atoms with Crippen molar-refractivity contribution in [2.45, 2.75) is 61.0 Å². The Bertz CT molecular complexity index is 772. The summed E-state index contributed by atoms with van der Waals surface area (Å²) in [6, 6.07) is 6.42. The number of hydrogen-bond acceptors (Lipinski definition) is 10. The quantitative estimate of drug-likeness (QED) is 0.225. The van der Waals surface area contributed by atoms with Gasteiger partial charge in [-0.05, 0) is 17.7 Å². The van der Waals surface area contributed by atoms with E-state index in [9.17, 15) is 40.9 Å². The molecule has 0 radical (unpaired) electrons. The molecule has 0 spiro atoms. The Labute approximate surface area is 172 Å². The first kappa shape index (κ1) is 23.1. The van der Waals surface area contributed by atoms with Crippen LogP contribution in [0, 0.1) is 11.8 Å². The maximum atomic E-state index is 10.3. The SMILES string of the molecule is OC[C@H]1O[C@H](c2cccc(C#C[C@H]3O[C@H](CO)[C@@H](O)[C@H](O)[C@@H]3O)c2)[C@H](O)[C@@H](O)[C@@H]1O. The molecule has 0 bridgehead atoms. The van der Waals surface area contributed by atoms with Crippen molar-refractivity contribution < 1.29 is 50.3 Å². The zero-order valence-electron chi connectivity index (χ0n) is 15.9. The fourth-order valence-corrected chi connectivity index (χ4v) is 3.55. The van der Waals surface area contributed by atoms with Gasteiger partial charge in [0.05, 0.1) is 13.2 Å². The third kappa shape index (κ3) is 4.51. The molecule has 0 aromatic heterocycles. The summed E-state index contributed by atoms with van der Waals surface area (Å²) in [6.45, 7) is -1.10. The number of benzene rings is 1. The summed E-state index contributed by atoms with van der Waals surface area (Å²) >= 11 is 0. The van der Waals surface area contributed by atoms with E-state index in [1.54, 1.807) is 24.3 Å². The van der Waals surface area contributed by atoms with Crippen molar-refractivity contribution in [3.8, 4) is 11.8 Å². The summed E-state index contributed by atoms with van der Waals surface area (Å²) in [5, 5.41) is 78.4. The van der Waals surface area contributed by atoms with Crippen LogP contribution in [0.3, 0.4) is 0 Å². The van der Waals surface area contributed by atoms with Gasteiger partial charge in [0.25, 0.3) is 0 Å². The summed E-state index contributed by atoms with van der Waals surface area (Å²) in [7, 11) is 0. The van der Waals surface area contributed by atoms with Gasteiger partial charge in [-0.1, -0.05) is 24.0 Å². The van der Waals surface area contributed by atoms with Gasteiger partial charge in [0.1, 0.15) is 61.0 Å². The second-order valence-corrected chi connectivity index (χ2v) is 7.39. The monoisotopic (exact) mass is 426 g/mol. The minimum absolute atomic E-state index is 0.432. The van der Waals surface area contributed by atoms with Crippen LogP contribution >= 0.6 is 0 Å². The van der Waals surface area contributed by atoms with E-state index in [1.807, 2.05) is 0 Å². The van der Waals surface area contributed by atoms with Crippen LogP contribution in [-0.4, -0.2) is 109 Å². The minimum Gasteiger partial charge on any atom is -0.394 e. The van der Waals surface area contributed by atoms with Crippen molar-refractivity contribution in [1.29, 1.82) is 0 Å². The van der Waals surface area contributed by atoms with Crippen molar-refractivity contribution in [3.63, 3.8) is 0 Å². The lowest BCUT2D eigenvalue weighted by atomic mass is 9.90. The van der Waals surface area contributed by atoms with Gasteiger partial charge in [0.2, 0.25) is 0 Å². The van der Waals surface area contributed by atoms with Crippen LogP contribution in [0.15, 0.2) is 24.3 Å². The van der Waals surface area contributed by atoms with E-state index < -0.39 is 74.3 Å². The van der Waals surface area contributed by atoms with Crippen molar-refractivity contribution in [2.75, 3.05) is 13.2 Å². The van der Waals surface area contributed by atoms with Crippen LogP contribution in [0.2, 0.25) is 0 Å². The van der Waals surface area contributed by atoms with Crippen molar-refractivity contribution in [3.05, 3.63) is 35.4 Å². The Hall–Kier alpha value is -1.62. The minimum atomic E-state index is -1.53. The molecule has 1 aromatic rings. The molecule has 166 valence electrons. The average molecular weight is 426 g/mol. The Morgan fingerprint density at radius 3 is 1.97 bits per heavy atom. The number of aliphatic hydroxyl groups is 8. The fourth-order valence-electron chi connectivity index (χ4n) is 3.55. The van der Waals surface area contributed by atoms with E-state index >= 15 is 0 Å². The third-order valence-corrected chi connectivity index (χ3v) is 5.36. The van der Waals surface area contributed by atoms with Gasteiger partial charge in [-0.15, -0.1) is 0 Å². The van der Waals surface area contributed by atoms with Gasteiger partial charge in [-0.25, -0.2) is 0 Å². The summed E-state index contributed by atoms with van der Waals surface area (Å²) in [6.07, 6.45) is -13.2. The summed E-state index contributed by atoms with van der Waals surface area (Å²) in [5.74, 6) is 5.40. The molecule has 1 aromatic carbocycles. The average Bonchev–Trinajstić information content (AvgIpc) is 2.76. The van der Waals surface area contributed by atoms with Gasteiger partial charge >= 0.3 is 0 Å². The first-order chi connectivity index (χ1) is 14.3. The Morgan fingerprint density at radius 2 is 1.33 bits per heavy atom. The molecule has 2 saturated heterocycles. The van der Waals surface area contributed by atoms with E-state index in [4.69, 9.17) is 9.47 Å². The van der Waals surface area contributed by atoms with E-state index in [0.29, 0.717) is 11.1 Å². The zero-order valence-corrected chi connectivity index (χ0v) is 15.9. The van der Waals surface area contributed by atoms with Gasteiger partial charge in [-0.2, -0.15) is 0 Å². The lowest BCUT2D eigenvalue weighted by Gasteiger charge is -2.40. The van der Waals surface area contributed by atoms with Crippen molar-refractivity contribution in [1.82, 2.24) is 0 Å². The normalized spacial score (nSPS) is 41.7. The van der Waals surface area contributed by atoms with Crippen LogP contribution in [-0.2, 0) is 9.47 Å². The zero-order chi connectivity index (χ0) is 22.0. The Balaban J connectivity index is 1.80. The lowest BCUT2D eigenvalue weighted by molar-refractivity contribution is -0.231. The summed E-state index contributed by atoms with van der Waals surface area (Å²) in [4.78, 5) is 0. The van der Waals surface area contributed by atoms with Gasteiger partial charge < -0.3 is 50.3 Å². The molecule has 10 nitrogen and oxygen atoms in total. The molecule has 2 heterocycles. The van der Waals surface area contributed by atoms with Crippen molar-refractivity contribution >= 4 is 0 Å². The molecular formula is C20H26O10. The highest BCUT2D eigenvalue weighted by Gasteiger charge is 2.44. The molecule has 0 unspecified atom stereocenters. The van der Waals surface area contributed by atoms with Crippen LogP contribution < -0.4 is 0 Å². The number of aliphatic hydroxyl groups excluding tert-OH is 8. The molecule has 2 aliphatic heterocycles. The van der Waals surface area contributed by atoms with Crippen LogP contribution in [0.25, 0.3) is 0 Å². The predicted molar refractivity (Wildman–Crippen MR) is 99.8 cm³/mol. The molecule has 0 aliphatic carbocycles. The highest BCUT2D eigenvalue weighted by Crippen LogP contribution is 2.32. The Kier molecular flexibility index (Phi) is 7.43. The second kappa shape index (κ2) is 9.67. The standard InChI is InChI=1S/C20H26O10/c21-7-12-15(24)17(26)14(23)11(29-12)5-4-9-2-1-3-10(6-9)20-19(28)18(27)16(25)13(8-22)30-20/h1-3,6,11-28H,7-8H2/t11-,12-,13-,14-,15-,16-,17-,18+,19-,20-/m1/s1. The molecule has 2 fully saturated rings. The largest absolute Gasteiger partial charge is 0.394 e. The van der Waals surface area contributed by atoms with E-state index in [0.717, 1.165) is 0 Å². The highest BCUT2D eigenvalue weighted by atomic mass is 16.5.